The maximum Gasteiger partial charge on any atom is 0.175 e. The van der Waals surface area contributed by atoms with Crippen molar-refractivity contribution in [2.75, 3.05) is 11.6 Å². The first-order valence-electron chi connectivity index (χ1n) is 5.98. The average Bonchev–Trinajstić information content (AvgIpc) is 2.40. The van der Waals surface area contributed by atoms with Crippen LogP contribution >= 0.6 is 23.2 Å². The lowest BCUT2D eigenvalue weighted by molar-refractivity contribution is 0.469. The van der Waals surface area contributed by atoms with Crippen LogP contribution < -0.4 is 5.32 Å². The number of phenolic OH excluding ortho intramolecular Hbond substituents is 1. The number of hydrogen-bond donors (Lipinski definition) is 2. The molecule has 2 aromatic carbocycles. The fourth-order valence-electron chi connectivity index (χ4n) is 1.76. The zero-order valence-electron chi connectivity index (χ0n) is 11.1. The average molecular weight is 346 g/mol. The summed E-state index contributed by atoms with van der Waals surface area (Å²) in [4.78, 5) is 0.171. The summed E-state index contributed by atoms with van der Waals surface area (Å²) in [6.07, 6.45) is 1.13. The van der Waals surface area contributed by atoms with Crippen molar-refractivity contribution in [3.05, 3.63) is 52.0 Å². The van der Waals surface area contributed by atoms with Gasteiger partial charge in [0, 0.05) is 23.4 Å². The summed E-state index contributed by atoms with van der Waals surface area (Å²) in [7, 11) is -3.31. The van der Waals surface area contributed by atoms with Crippen molar-refractivity contribution in [2.45, 2.75) is 11.4 Å². The molecule has 0 amide bonds. The number of anilines is 1. The van der Waals surface area contributed by atoms with Gasteiger partial charge in [0.25, 0.3) is 0 Å². The van der Waals surface area contributed by atoms with Crippen molar-refractivity contribution in [1.29, 1.82) is 0 Å². The summed E-state index contributed by atoms with van der Waals surface area (Å²) < 4.78 is 23.1. The van der Waals surface area contributed by atoms with E-state index in [4.69, 9.17) is 23.2 Å². The second-order valence-corrected chi connectivity index (χ2v) is 7.40. The molecule has 112 valence electrons. The Balaban J connectivity index is 2.26. The van der Waals surface area contributed by atoms with Crippen LogP contribution in [0.5, 0.6) is 5.75 Å². The first-order valence-corrected chi connectivity index (χ1v) is 8.63. The topological polar surface area (TPSA) is 66.4 Å². The van der Waals surface area contributed by atoms with Crippen molar-refractivity contribution in [3.63, 3.8) is 0 Å². The summed E-state index contributed by atoms with van der Waals surface area (Å²) in [6.45, 7) is 0.263. The summed E-state index contributed by atoms with van der Waals surface area (Å²) >= 11 is 11.9. The Hall–Kier alpha value is -1.43. The van der Waals surface area contributed by atoms with E-state index in [9.17, 15) is 13.5 Å². The van der Waals surface area contributed by atoms with E-state index in [0.717, 1.165) is 6.26 Å². The summed E-state index contributed by atoms with van der Waals surface area (Å²) in [5, 5.41) is 13.6. The zero-order chi connectivity index (χ0) is 15.6. The lowest BCUT2D eigenvalue weighted by atomic mass is 10.2. The predicted octanol–water partition coefficient (Wildman–Crippen LogP) is 3.71. The highest BCUT2D eigenvalue weighted by Crippen LogP contribution is 2.27. The Morgan fingerprint density at radius 2 is 1.86 bits per heavy atom. The fourth-order valence-corrected chi connectivity index (χ4v) is 2.78. The van der Waals surface area contributed by atoms with Gasteiger partial charge in [0.1, 0.15) is 5.75 Å². The first kappa shape index (κ1) is 15.9. The molecule has 0 bridgehead atoms. The third-order valence-corrected chi connectivity index (χ3v) is 4.55. The van der Waals surface area contributed by atoms with Crippen LogP contribution in [0.4, 0.5) is 5.69 Å². The molecule has 21 heavy (non-hydrogen) atoms. The lowest BCUT2D eigenvalue weighted by Crippen LogP contribution is -2.03. The molecule has 0 fully saturated rings. The highest BCUT2D eigenvalue weighted by molar-refractivity contribution is 7.90. The molecule has 0 heterocycles. The van der Waals surface area contributed by atoms with Gasteiger partial charge in [-0.3, -0.25) is 0 Å². The van der Waals surface area contributed by atoms with Crippen molar-refractivity contribution in [2.24, 2.45) is 0 Å². The van der Waals surface area contributed by atoms with Gasteiger partial charge in [-0.2, -0.15) is 0 Å². The highest BCUT2D eigenvalue weighted by atomic mass is 35.5. The highest BCUT2D eigenvalue weighted by Gasteiger charge is 2.11. The minimum atomic E-state index is -3.31. The number of phenols is 1. The third kappa shape index (κ3) is 4.03. The van der Waals surface area contributed by atoms with Gasteiger partial charge < -0.3 is 10.4 Å². The smallest absolute Gasteiger partial charge is 0.175 e. The van der Waals surface area contributed by atoms with Crippen LogP contribution in [0.1, 0.15) is 5.56 Å². The van der Waals surface area contributed by atoms with E-state index >= 15 is 0 Å². The maximum absolute atomic E-state index is 11.5. The fraction of sp³-hybridized carbons (Fsp3) is 0.143. The Morgan fingerprint density at radius 1 is 1.14 bits per heavy atom. The molecule has 0 aliphatic heterocycles. The van der Waals surface area contributed by atoms with E-state index in [1.165, 1.54) is 24.3 Å². The number of aromatic hydroxyl groups is 1. The molecule has 0 spiro atoms. The van der Waals surface area contributed by atoms with Crippen LogP contribution in [0.15, 0.2) is 41.3 Å². The van der Waals surface area contributed by atoms with Gasteiger partial charge in [-0.25, -0.2) is 8.42 Å². The molecule has 0 unspecified atom stereocenters. The van der Waals surface area contributed by atoms with Crippen LogP contribution in [-0.4, -0.2) is 19.8 Å². The Labute approximate surface area is 133 Å². The van der Waals surface area contributed by atoms with Crippen molar-refractivity contribution < 1.29 is 13.5 Å². The molecular formula is C14H13Cl2NO3S. The van der Waals surface area contributed by atoms with E-state index in [2.05, 4.69) is 5.32 Å². The van der Waals surface area contributed by atoms with Crippen molar-refractivity contribution in [3.8, 4) is 5.75 Å². The normalized spacial score (nSPS) is 11.4. The van der Waals surface area contributed by atoms with Gasteiger partial charge >= 0.3 is 0 Å². The standard InChI is InChI=1S/C14H13Cl2NO3S/c1-21(19,20)11-3-4-12(16)13(7-11)17-8-9-6-10(15)2-5-14(9)18/h2-7,17-18H,8H2,1H3. The molecule has 0 saturated carbocycles. The number of sulfone groups is 1. The van der Waals surface area contributed by atoms with E-state index in [-0.39, 0.29) is 17.2 Å². The quantitative estimate of drug-likeness (QED) is 0.886. The molecule has 4 nitrogen and oxygen atoms in total. The Morgan fingerprint density at radius 3 is 2.52 bits per heavy atom. The maximum atomic E-state index is 11.5. The van der Waals surface area contributed by atoms with Gasteiger partial charge in [0.15, 0.2) is 9.84 Å². The van der Waals surface area contributed by atoms with Crippen LogP contribution in [0.25, 0.3) is 0 Å². The van der Waals surface area contributed by atoms with Crippen LogP contribution in [0, 0.1) is 0 Å². The van der Waals surface area contributed by atoms with Gasteiger partial charge in [-0.15, -0.1) is 0 Å². The molecule has 0 aromatic heterocycles. The van der Waals surface area contributed by atoms with Gasteiger partial charge in [-0.05, 0) is 36.4 Å². The molecular weight excluding hydrogens is 333 g/mol. The molecule has 7 heteroatoms. The van der Waals surface area contributed by atoms with Crippen LogP contribution in [0.2, 0.25) is 10.0 Å². The molecule has 2 aromatic rings. The van der Waals surface area contributed by atoms with Crippen molar-refractivity contribution in [1.82, 2.24) is 0 Å². The second kappa shape index (κ2) is 6.13. The molecule has 0 aliphatic carbocycles. The van der Waals surface area contributed by atoms with Crippen LogP contribution in [0.3, 0.4) is 0 Å². The zero-order valence-corrected chi connectivity index (χ0v) is 13.4. The van der Waals surface area contributed by atoms with Crippen molar-refractivity contribution >= 4 is 38.7 Å². The number of halogens is 2. The first-order chi connectivity index (χ1) is 9.77. The molecule has 0 atom stereocenters. The van der Waals surface area contributed by atoms with Gasteiger partial charge in [0.05, 0.1) is 15.6 Å². The van der Waals surface area contributed by atoms with E-state index in [0.29, 0.717) is 21.3 Å². The Kier molecular flexibility index (Phi) is 4.66. The summed E-state index contributed by atoms with van der Waals surface area (Å²) in [5.41, 5.74) is 1.06. The largest absolute Gasteiger partial charge is 0.508 e. The molecule has 0 saturated heterocycles. The third-order valence-electron chi connectivity index (χ3n) is 2.88. The number of nitrogens with one attached hydrogen (secondary N) is 1. The van der Waals surface area contributed by atoms with E-state index in [1.54, 1.807) is 12.1 Å². The Bertz CT molecular complexity index is 776. The van der Waals surface area contributed by atoms with E-state index in [1.807, 2.05) is 0 Å². The van der Waals surface area contributed by atoms with Gasteiger partial charge in [-0.1, -0.05) is 23.2 Å². The molecule has 2 N–H and O–H groups in total. The molecule has 0 aliphatic rings. The van der Waals surface area contributed by atoms with Gasteiger partial charge in [0.2, 0.25) is 0 Å². The number of rotatable bonds is 4. The monoisotopic (exact) mass is 345 g/mol. The predicted molar refractivity (Wildman–Crippen MR) is 85.0 cm³/mol. The van der Waals surface area contributed by atoms with Crippen LogP contribution in [-0.2, 0) is 16.4 Å². The lowest BCUT2D eigenvalue weighted by Gasteiger charge is -2.11. The minimum Gasteiger partial charge on any atom is -0.508 e. The minimum absolute atomic E-state index is 0.0993. The number of hydrogen-bond acceptors (Lipinski definition) is 4. The van der Waals surface area contributed by atoms with E-state index < -0.39 is 9.84 Å². The second-order valence-electron chi connectivity index (χ2n) is 4.54. The molecule has 2 rings (SSSR count). The SMILES string of the molecule is CS(=O)(=O)c1ccc(Cl)c(NCc2cc(Cl)ccc2O)c1. The number of benzene rings is 2. The summed E-state index contributed by atoms with van der Waals surface area (Å²) in [6, 6.07) is 9.11. The summed E-state index contributed by atoms with van der Waals surface area (Å²) in [5.74, 6) is 0.0993. The molecule has 0 radical (unpaired) electrons.